The summed E-state index contributed by atoms with van der Waals surface area (Å²) in [7, 11) is 0. The molecule has 1 aliphatic rings. The second-order valence-corrected chi connectivity index (χ2v) is 11.3. The predicted molar refractivity (Wildman–Crippen MR) is 149 cm³/mol. The van der Waals surface area contributed by atoms with Crippen molar-refractivity contribution < 1.29 is 4.74 Å². The van der Waals surface area contributed by atoms with Crippen LogP contribution in [0.25, 0.3) is 11.0 Å². The fourth-order valence-electron chi connectivity index (χ4n) is 5.33. The molecule has 0 aliphatic carbocycles. The number of nitriles is 1. The van der Waals surface area contributed by atoms with Gasteiger partial charge < -0.3 is 14.2 Å². The van der Waals surface area contributed by atoms with Crippen LogP contribution < -0.4 is 4.74 Å². The number of benzene rings is 1. The van der Waals surface area contributed by atoms with Gasteiger partial charge in [0.05, 0.1) is 0 Å². The van der Waals surface area contributed by atoms with E-state index in [2.05, 4.69) is 95.4 Å². The summed E-state index contributed by atoms with van der Waals surface area (Å²) < 4.78 is 8.56. The molecule has 0 bridgehead atoms. The zero-order chi connectivity index (χ0) is 26.4. The molecule has 198 valence electrons. The Hall–Kier alpha value is -2.95. The van der Waals surface area contributed by atoms with E-state index in [1.54, 1.807) is 6.20 Å². The highest BCUT2D eigenvalue weighted by atomic mass is 16.5. The van der Waals surface area contributed by atoms with Crippen LogP contribution in [0.3, 0.4) is 0 Å². The normalized spacial score (nSPS) is 15.4. The molecule has 7 heteroatoms. The highest BCUT2D eigenvalue weighted by Gasteiger charge is 2.25. The van der Waals surface area contributed by atoms with E-state index in [9.17, 15) is 5.26 Å². The molecular formula is C30H42N6O. The van der Waals surface area contributed by atoms with Gasteiger partial charge >= 0.3 is 0 Å². The van der Waals surface area contributed by atoms with Crippen molar-refractivity contribution in [3.63, 3.8) is 0 Å². The van der Waals surface area contributed by atoms with Gasteiger partial charge in [-0.1, -0.05) is 52.8 Å². The van der Waals surface area contributed by atoms with Crippen molar-refractivity contribution in [2.75, 3.05) is 39.3 Å². The molecule has 0 saturated carbocycles. The summed E-state index contributed by atoms with van der Waals surface area (Å²) in [5.41, 5.74) is 3.55. The molecule has 0 N–H and O–H groups in total. The van der Waals surface area contributed by atoms with Gasteiger partial charge in [-0.2, -0.15) is 5.26 Å². The van der Waals surface area contributed by atoms with Gasteiger partial charge in [0.25, 0.3) is 0 Å². The lowest BCUT2D eigenvalue weighted by atomic mass is 9.88. The van der Waals surface area contributed by atoms with Crippen LogP contribution in [0.15, 0.2) is 36.5 Å². The topological polar surface area (TPSA) is 70.2 Å². The summed E-state index contributed by atoms with van der Waals surface area (Å²) in [6.07, 6.45) is 4.02. The van der Waals surface area contributed by atoms with Gasteiger partial charge in [0.1, 0.15) is 24.1 Å². The summed E-state index contributed by atoms with van der Waals surface area (Å²) in [4.78, 5) is 13.7. The number of para-hydroxylation sites is 1. The maximum absolute atomic E-state index is 9.32. The first-order chi connectivity index (χ1) is 17.8. The highest BCUT2D eigenvalue weighted by Crippen LogP contribution is 2.35. The fourth-order valence-corrected chi connectivity index (χ4v) is 5.33. The number of rotatable bonds is 10. The minimum absolute atomic E-state index is 0.0977. The number of ether oxygens (including phenoxy) is 1. The Morgan fingerprint density at radius 1 is 1.14 bits per heavy atom. The second kappa shape index (κ2) is 12.1. The Kier molecular flexibility index (Phi) is 8.83. The number of piperidine rings is 1. The lowest BCUT2D eigenvalue weighted by molar-refractivity contribution is 0.193. The van der Waals surface area contributed by atoms with Crippen LogP contribution in [-0.2, 0) is 13.1 Å². The van der Waals surface area contributed by atoms with Crippen LogP contribution in [0.2, 0.25) is 0 Å². The monoisotopic (exact) mass is 502 g/mol. The first-order valence-electron chi connectivity index (χ1n) is 13.7. The molecule has 2 aromatic heterocycles. The van der Waals surface area contributed by atoms with E-state index in [4.69, 9.17) is 4.74 Å². The number of likely N-dealkylation sites (tertiary alicyclic amines) is 1. The number of likely N-dealkylation sites (N-methyl/N-ethyl adjacent to an activating group) is 1. The van der Waals surface area contributed by atoms with E-state index < -0.39 is 0 Å². The van der Waals surface area contributed by atoms with Gasteiger partial charge in [0.2, 0.25) is 5.82 Å². The molecule has 0 atom stereocenters. The van der Waals surface area contributed by atoms with Gasteiger partial charge in [-0.15, -0.1) is 0 Å². The van der Waals surface area contributed by atoms with E-state index in [0.29, 0.717) is 5.92 Å². The van der Waals surface area contributed by atoms with Crippen molar-refractivity contribution >= 4 is 11.0 Å². The number of hydrogen-bond donors (Lipinski definition) is 0. The molecule has 1 fully saturated rings. The summed E-state index contributed by atoms with van der Waals surface area (Å²) in [6.45, 7) is 18.7. The molecule has 7 nitrogen and oxygen atoms in total. The average molecular weight is 503 g/mol. The number of aromatic nitrogens is 3. The fraction of sp³-hybridized carbons (Fsp3) is 0.567. The Morgan fingerprint density at radius 3 is 2.54 bits per heavy atom. The third-order valence-electron chi connectivity index (χ3n) is 7.34. The van der Waals surface area contributed by atoms with Crippen molar-refractivity contribution in [3.8, 4) is 11.8 Å². The molecule has 3 aromatic rings. The van der Waals surface area contributed by atoms with Crippen molar-refractivity contribution in [2.24, 2.45) is 5.41 Å². The zero-order valence-corrected chi connectivity index (χ0v) is 23.2. The second-order valence-electron chi connectivity index (χ2n) is 11.3. The Bertz CT molecular complexity index is 1210. The van der Waals surface area contributed by atoms with Gasteiger partial charge in [-0.25, -0.2) is 9.97 Å². The van der Waals surface area contributed by atoms with E-state index in [-0.39, 0.29) is 11.2 Å². The van der Waals surface area contributed by atoms with Crippen molar-refractivity contribution in [1.29, 1.82) is 5.26 Å². The summed E-state index contributed by atoms with van der Waals surface area (Å²) in [5, 5.41) is 10.3. The molecule has 1 aliphatic heterocycles. The van der Waals surface area contributed by atoms with E-state index in [1.807, 2.05) is 0 Å². The molecule has 37 heavy (non-hydrogen) atoms. The number of nitrogens with zero attached hydrogens (tertiary/aromatic N) is 6. The quantitative estimate of drug-likeness (QED) is 0.367. The van der Waals surface area contributed by atoms with Crippen LogP contribution in [-0.4, -0.2) is 63.7 Å². The molecule has 0 unspecified atom stereocenters. The Labute approximate surface area is 222 Å². The standard InChI is InChI=1S/C30H42N6O/c1-6-34(7-2)16-17-37-27-11-9-8-10-26(27)23-12-14-35(15-13-23)21-25-18-24-20-32-28(19-31)33-29(24)36(25)22-30(3,4)5/h8-11,18,20,23H,6-7,12-17,21-22H2,1-5H3. The first-order valence-corrected chi connectivity index (χ1v) is 13.7. The predicted octanol–water partition coefficient (Wildman–Crippen LogP) is 5.45. The van der Waals surface area contributed by atoms with Crippen LogP contribution in [0.4, 0.5) is 0 Å². The van der Waals surface area contributed by atoms with Crippen LogP contribution >= 0.6 is 0 Å². The van der Waals surface area contributed by atoms with E-state index >= 15 is 0 Å². The Morgan fingerprint density at radius 2 is 1.86 bits per heavy atom. The highest BCUT2D eigenvalue weighted by molar-refractivity contribution is 5.77. The van der Waals surface area contributed by atoms with Crippen LogP contribution in [0.1, 0.15) is 70.5 Å². The summed E-state index contributed by atoms with van der Waals surface area (Å²) in [5.74, 6) is 1.79. The molecule has 1 aromatic carbocycles. The van der Waals surface area contributed by atoms with Crippen molar-refractivity contribution in [3.05, 3.63) is 53.6 Å². The molecule has 3 heterocycles. The third kappa shape index (κ3) is 6.88. The lowest BCUT2D eigenvalue weighted by Gasteiger charge is -2.33. The van der Waals surface area contributed by atoms with Crippen molar-refractivity contribution in [1.82, 2.24) is 24.3 Å². The van der Waals surface area contributed by atoms with Gasteiger partial charge in [-0.05, 0) is 68.0 Å². The first kappa shape index (κ1) is 27.1. The third-order valence-corrected chi connectivity index (χ3v) is 7.34. The molecule has 0 amide bonds. The molecule has 1 saturated heterocycles. The summed E-state index contributed by atoms with van der Waals surface area (Å²) in [6, 6.07) is 12.9. The maximum Gasteiger partial charge on any atom is 0.234 e. The summed E-state index contributed by atoms with van der Waals surface area (Å²) >= 11 is 0. The van der Waals surface area contributed by atoms with Gasteiger partial charge in [0, 0.05) is 36.9 Å². The minimum Gasteiger partial charge on any atom is -0.492 e. The molecule has 0 radical (unpaired) electrons. The van der Waals surface area contributed by atoms with Crippen LogP contribution in [0.5, 0.6) is 5.75 Å². The molecule has 4 rings (SSSR count). The van der Waals surface area contributed by atoms with Gasteiger partial charge in [-0.3, -0.25) is 4.90 Å². The zero-order valence-electron chi connectivity index (χ0n) is 23.2. The minimum atomic E-state index is 0.0977. The van der Waals surface area contributed by atoms with Crippen LogP contribution in [0, 0.1) is 16.7 Å². The van der Waals surface area contributed by atoms with E-state index in [0.717, 1.165) is 82.0 Å². The van der Waals surface area contributed by atoms with Crippen molar-refractivity contribution in [2.45, 2.75) is 66.5 Å². The Balaban J connectivity index is 1.43. The number of fused-ring (bicyclic) bond motifs is 1. The number of hydrogen-bond acceptors (Lipinski definition) is 6. The molecular weight excluding hydrogens is 460 g/mol. The average Bonchev–Trinajstić information content (AvgIpc) is 3.22. The maximum atomic E-state index is 9.32. The van der Waals surface area contributed by atoms with Gasteiger partial charge in [0.15, 0.2) is 0 Å². The smallest absolute Gasteiger partial charge is 0.234 e. The lowest BCUT2D eigenvalue weighted by Crippen LogP contribution is -2.33. The van der Waals surface area contributed by atoms with E-state index in [1.165, 1.54) is 11.3 Å². The largest absolute Gasteiger partial charge is 0.492 e. The SMILES string of the molecule is CCN(CC)CCOc1ccccc1C1CCN(Cc2cc3cnc(C#N)nc3n2CC(C)(C)C)CC1. The molecule has 0 spiro atoms.